The Morgan fingerprint density at radius 2 is 1.96 bits per heavy atom. The third kappa shape index (κ3) is 5.65. The van der Waals surface area contributed by atoms with Crippen molar-refractivity contribution >= 4 is 49.1 Å². The van der Waals surface area contributed by atoms with Gasteiger partial charge in [0.15, 0.2) is 5.13 Å². The predicted octanol–water partition coefficient (Wildman–Crippen LogP) is 2.60. The first kappa shape index (κ1) is 21.1. The number of aromatic nitrogens is 1. The Bertz CT molecular complexity index is 809. The number of thioether (sulfide) groups is 1. The molecule has 0 radical (unpaired) electrons. The van der Waals surface area contributed by atoms with E-state index in [0.29, 0.717) is 15.7 Å². The molecule has 26 heavy (non-hydrogen) atoms. The van der Waals surface area contributed by atoms with Gasteiger partial charge in [0.25, 0.3) is 0 Å². The molecule has 1 amide bonds. The smallest absolute Gasteiger partial charge is 0.246 e. The minimum atomic E-state index is -3.65. The number of hydrogen-bond acceptors (Lipinski definition) is 7. The lowest BCUT2D eigenvalue weighted by Crippen LogP contribution is -2.43. The van der Waals surface area contributed by atoms with E-state index in [2.05, 4.69) is 33.1 Å². The van der Waals surface area contributed by atoms with Crippen LogP contribution >= 0.6 is 23.1 Å². The molecule has 1 aliphatic heterocycles. The number of aryl methyl sites for hydroxylation is 1. The number of rotatable bonds is 7. The number of hydrogen-bond donors (Lipinski definition) is 2. The van der Waals surface area contributed by atoms with Crippen molar-refractivity contribution in [2.75, 3.05) is 25.5 Å². The molecule has 7 nitrogen and oxygen atoms in total. The van der Waals surface area contributed by atoms with Crippen LogP contribution in [0.1, 0.15) is 30.3 Å². The van der Waals surface area contributed by atoms with Gasteiger partial charge in [-0.05, 0) is 39.9 Å². The van der Waals surface area contributed by atoms with Crippen LogP contribution in [0.25, 0.3) is 4.91 Å². The van der Waals surface area contributed by atoms with Gasteiger partial charge in [-0.3, -0.25) is 4.79 Å². The summed E-state index contributed by atoms with van der Waals surface area (Å²) in [6.45, 7) is 12.6. The Morgan fingerprint density at radius 3 is 2.54 bits per heavy atom. The molecule has 0 spiro atoms. The van der Waals surface area contributed by atoms with E-state index >= 15 is 0 Å². The molecule has 144 valence electrons. The normalized spacial score (nSPS) is 16.4. The van der Waals surface area contributed by atoms with Crippen LogP contribution in [0.2, 0.25) is 0 Å². The summed E-state index contributed by atoms with van der Waals surface area (Å²) in [5.74, 6) is -0.210. The van der Waals surface area contributed by atoms with Crippen molar-refractivity contribution in [3.8, 4) is 0 Å². The maximum atomic E-state index is 12.5. The SMILES string of the molecule is C=C(SC(=C)S(=O)(=O)NC1CCN(C)CC1)c1sc(NC(C)=O)nc1C. The molecule has 1 aliphatic rings. The van der Waals surface area contributed by atoms with E-state index in [1.807, 2.05) is 7.05 Å². The maximum Gasteiger partial charge on any atom is 0.246 e. The van der Waals surface area contributed by atoms with Crippen LogP contribution in [0.15, 0.2) is 17.4 Å². The monoisotopic (exact) mass is 416 g/mol. The van der Waals surface area contributed by atoms with Crippen LogP contribution in [-0.4, -0.2) is 50.4 Å². The summed E-state index contributed by atoms with van der Waals surface area (Å²) >= 11 is 2.26. The minimum Gasteiger partial charge on any atom is -0.306 e. The molecule has 0 atom stereocenters. The molecule has 2 N–H and O–H groups in total. The number of nitrogens with one attached hydrogen (secondary N) is 2. The van der Waals surface area contributed by atoms with Crippen molar-refractivity contribution in [1.29, 1.82) is 0 Å². The highest BCUT2D eigenvalue weighted by Gasteiger charge is 2.25. The van der Waals surface area contributed by atoms with Gasteiger partial charge >= 0.3 is 0 Å². The molecule has 0 unspecified atom stereocenters. The Morgan fingerprint density at radius 1 is 1.35 bits per heavy atom. The summed E-state index contributed by atoms with van der Waals surface area (Å²) in [4.78, 5) is 18.8. The maximum absolute atomic E-state index is 12.5. The summed E-state index contributed by atoms with van der Waals surface area (Å²) in [5.41, 5.74) is 0.685. The third-order valence-corrected chi connectivity index (χ3v) is 8.00. The Kier molecular flexibility index (Phi) is 7.03. The zero-order valence-electron chi connectivity index (χ0n) is 15.2. The fourth-order valence-electron chi connectivity index (χ4n) is 2.51. The van der Waals surface area contributed by atoms with E-state index in [1.54, 1.807) is 6.92 Å². The molecule has 0 bridgehead atoms. The van der Waals surface area contributed by atoms with Gasteiger partial charge in [-0.2, -0.15) is 0 Å². The van der Waals surface area contributed by atoms with Gasteiger partial charge in [0, 0.05) is 17.9 Å². The number of piperidine rings is 1. The number of anilines is 1. The largest absolute Gasteiger partial charge is 0.306 e. The average Bonchev–Trinajstić information content (AvgIpc) is 2.89. The summed E-state index contributed by atoms with van der Waals surface area (Å²) in [6, 6.07) is -0.0710. The number of thiazole rings is 1. The molecule has 1 aromatic rings. The Balaban J connectivity index is 2.00. The zero-order valence-corrected chi connectivity index (χ0v) is 17.6. The van der Waals surface area contributed by atoms with Gasteiger partial charge in [-0.15, -0.1) is 0 Å². The quantitative estimate of drug-likeness (QED) is 0.710. The predicted molar refractivity (Wildman–Crippen MR) is 109 cm³/mol. The van der Waals surface area contributed by atoms with Crippen LogP contribution in [0, 0.1) is 6.92 Å². The van der Waals surface area contributed by atoms with Crippen molar-refractivity contribution in [3.05, 3.63) is 28.0 Å². The summed E-state index contributed by atoms with van der Waals surface area (Å²) in [5, 5.41) is 3.09. The molecule has 1 aromatic heterocycles. The number of sulfonamides is 1. The van der Waals surface area contributed by atoms with Crippen molar-refractivity contribution in [2.45, 2.75) is 32.7 Å². The van der Waals surface area contributed by atoms with Crippen molar-refractivity contribution < 1.29 is 13.2 Å². The lowest BCUT2D eigenvalue weighted by atomic mass is 10.1. The summed E-state index contributed by atoms with van der Waals surface area (Å²) in [7, 11) is -1.63. The van der Waals surface area contributed by atoms with Crippen LogP contribution in [0.3, 0.4) is 0 Å². The Hall–Kier alpha value is -1.20. The van der Waals surface area contributed by atoms with Gasteiger partial charge in [0.2, 0.25) is 15.9 Å². The van der Waals surface area contributed by atoms with Gasteiger partial charge in [-0.1, -0.05) is 36.3 Å². The second kappa shape index (κ2) is 8.66. The topological polar surface area (TPSA) is 91.4 Å². The van der Waals surface area contributed by atoms with Crippen LogP contribution in [0.4, 0.5) is 5.13 Å². The van der Waals surface area contributed by atoms with E-state index in [-0.39, 0.29) is 16.2 Å². The third-order valence-electron chi connectivity index (χ3n) is 3.91. The Labute approximate surface area is 163 Å². The number of amides is 1. The first-order chi connectivity index (χ1) is 12.1. The summed E-state index contributed by atoms with van der Waals surface area (Å²) in [6.07, 6.45) is 1.56. The molecule has 1 fully saturated rings. The molecular formula is C16H24N4O3S3. The van der Waals surface area contributed by atoms with Crippen LogP contribution in [0.5, 0.6) is 0 Å². The highest BCUT2D eigenvalue weighted by molar-refractivity contribution is 8.23. The molecule has 0 aromatic carbocycles. The lowest BCUT2D eigenvalue weighted by molar-refractivity contribution is -0.114. The molecule has 1 saturated heterocycles. The zero-order chi connectivity index (χ0) is 19.5. The first-order valence-corrected chi connectivity index (χ1v) is 11.2. The standard InChI is InChI=1S/C16H24N4O3S3/c1-10-15(25-16(17-10)18-12(3)21)11(2)24-13(4)26(22,23)19-14-6-8-20(5)9-7-14/h14,19H,2,4,6-9H2,1,3,5H3,(H,17,18,21). The molecule has 10 heteroatoms. The fourth-order valence-corrected chi connectivity index (χ4v) is 5.84. The van der Waals surface area contributed by atoms with Crippen molar-refractivity contribution in [3.63, 3.8) is 0 Å². The van der Waals surface area contributed by atoms with E-state index in [1.165, 1.54) is 18.3 Å². The second-order valence-corrected chi connectivity index (χ2v) is 10.4. The van der Waals surface area contributed by atoms with Crippen molar-refractivity contribution in [2.24, 2.45) is 0 Å². The van der Waals surface area contributed by atoms with E-state index in [4.69, 9.17) is 0 Å². The van der Waals surface area contributed by atoms with Crippen LogP contribution < -0.4 is 10.0 Å². The lowest BCUT2D eigenvalue weighted by Gasteiger charge is -2.29. The van der Waals surface area contributed by atoms with Crippen molar-refractivity contribution in [1.82, 2.24) is 14.6 Å². The fraction of sp³-hybridized carbons (Fsp3) is 0.500. The molecule has 0 aliphatic carbocycles. The summed E-state index contributed by atoms with van der Waals surface area (Å²) < 4.78 is 27.8. The number of carbonyl (C=O) groups excluding carboxylic acids is 1. The number of nitrogens with zero attached hydrogens (tertiary/aromatic N) is 2. The highest BCUT2D eigenvalue weighted by Crippen LogP contribution is 2.39. The van der Waals surface area contributed by atoms with E-state index in [9.17, 15) is 13.2 Å². The van der Waals surface area contributed by atoms with E-state index < -0.39 is 10.0 Å². The number of carbonyl (C=O) groups is 1. The van der Waals surface area contributed by atoms with E-state index in [0.717, 1.165) is 42.6 Å². The highest BCUT2D eigenvalue weighted by atomic mass is 32.3. The molecular weight excluding hydrogens is 392 g/mol. The first-order valence-electron chi connectivity index (χ1n) is 8.10. The second-order valence-electron chi connectivity index (χ2n) is 6.21. The van der Waals surface area contributed by atoms with Gasteiger partial charge in [-0.25, -0.2) is 18.1 Å². The van der Waals surface area contributed by atoms with Gasteiger partial charge in [0.05, 0.1) is 10.6 Å². The van der Waals surface area contributed by atoms with Gasteiger partial charge in [0.1, 0.15) is 4.24 Å². The molecule has 2 heterocycles. The molecule has 2 rings (SSSR count). The average molecular weight is 417 g/mol. The number of likely N-dealkylation sites (tertiary alicyclic amines) is 1. The van der Waals surface area contributed by atoms with Gasteiger partial charge < -0.3 is 10.2 Å². The van der Waals surface area contributed by atoms with Crippen LogP contribution in [-0.2, 0) is 14.8 Å². The minimum absolute atomic E-state index is 0.00954. The molecule has 0 saturated carbocycles.